The Balaban J connectivity index is 0.00000452. The van der Waals surface area contributed by atoms with Crippen LogP contribution in [0.15, 0.2) is 83.8 Å². The number of methoxy groups -OCH3 is 1. The Hall–Kier alpha value is -5.57. The van der Waals surface area contributed by atoms with E-state index >= 15 is 0 Å². The topological polar surface area (TPSA) is 189 Å². The van der Waals surface area contributed by atoms with Crippen LogP contribution in [-0.4, -0.2) is 145 Å². The van der Waals surface area contributed by atoms with E-state index in [2.05, 4.69) is 54.5 Å². The number of unbranched alkanes of at least 4 members (excludes halogenated alkanes) is 2. The van der Waals surface area contributed by atoms with Crippen molar-refractivity contribution in [2.24, 2.45) is 0 Å². The quantitative estimate of drug-likeness (QED) is 0.0314. The van der Waals surface area contributed by atoms with E-state index in [0.29, 0.717) is 122 Å². The van der Waals surface area contributed by atoms with E-state index in [-0.39, 0.29) is 29.7 Å². The Kier molecular flexibility index (Phi) is 21.5. The zero-order chi connectivity index (χ0) is 54.2. The smallest absolute Gasteiger partial charge is 0.333 e. The molecule has 1 saturated heterocycles. The summed E-state index contributed by atoms with van der Waals surface area (Å²) in [6.45, 7) is 21.0. The number of carbonyl (C=O) groups excluding carboxylic acids is 3. The van der Waals surface area contributed by atoms with E-state index in [4.69, 9.17) is 38.0 Å². The molecule has 2 amide bonds. The molecule has 0 bridgehead atoms. The van der Waals surface area contributed by atoms with E-state index in [1.165, 1.54) is 6.07 Å². The van der Waals surface area contributed by atoms with Gasteiger partial charge in [-0.3, -0.25) is 14.1 Å². The molecule has 3 aromatic carbocycles. The van der Waals surface area contributed by atoms with Crippen molar-refractivity contribution in [2.75, 3.05) is 97.8 Å². The molecule has 0 spiro atoms. The Morgan fingerprint density at radius 3 is 1.97 bits per heavy atom. The maximum atomic E-state index is 12.6. The average molecular weight is 1060 g/mol. The van der Waals surface area contributed by atoms with Crippen molar-refractivity contribution in [3.63, 3.8) is 0 Å². The fourth-order valence-electron chi connectivity index (χ4n) is 9.52. The number of amides is 2. The predicted molar refractivity (Wildman–Crippen MR) is 287 cm³/mol. The van der Waals surface area contributed by atoms with Crippen LogP contribution in [0, 0.1) is 0 Å². The number of benzene rings is 3. The Labute approximate surface area is 442 Å². The highest BCUT2D eigenvalue weighted by molar-refractivity contribution is 7.85. The summed E-state index contributed by atoms with van der Waals surface area (Å²) in [6, 6.07) is 18.9. The van der Waals surface area contributed by atoms with Gasteiger partial charge in [0.15, 0.2) is 5.71 Å². The molecule has 17 nitrogen and oxygen atoms in total. The lowest BCUT2D eigenvalue weighted by Gasteiger charge is -2.44. The number of imide groups is 1. The third-order valence-electron chi connectivity index (χ3n) is 13.2. The van der Waals surface area contributed by atoms with Crippen LogP contribution in [0.4, 0.5) is 11.4 Å². The minimum Gasteiger partial charge on any atom is -0.456 e. The second kappa shape index (κ2) is 27.5. The van der Waals surface area contributed by atoms with Crippen LogP contribution >= 0.6 is 0 Å². The third kappa shape index (κ3) is 15.3. The molecular weight excluding hydrogens is 983 g/mol. The Morgan fingerprint density at radius 1 is 0.773 bits per heavy atom. The maximum Gasteiger partial charge on any atom is 0.333 e. The van der Waals surface area contributed by atoms with E-state index in [1.807, 2.05) is 64.1 Å². The van der Waals surface area contributed by atoms with Gasteiger partial charge < -0.3 is 42.9 Å². The summed E-state index contributed by atoms with van der Waals surface area (Å²) in [7, 11) is -2.86. The van der Waals surface area contributed by atoms with Crippen LogP contribution in [0.2, 0.25) is 0 Å². The number of ether oxygens (including phenoxy) is 7. The van der Waals surface area contributed by atoms with Gasteiger partial charge in [-0.15, -0.1) is 5.06 Å². The van der Waals surface area contributed by atoms with Gasteiger partial charge in [-0.2, -0.15) is 13.0 Å². The van der Waals surface area contributed by atoms with Crippen LogP contribution < -0.4 is 9.64 Å². The number of hydrogen-bond acceptors (Lipinski definition) is 14. The van der Waals surface area contributed by atoms with Gasteiger partial charge in [0.1, 0.15) is 18.1 Å². The van der Waals surface area contributed by atoms with Gasteiger partial charge >= 0.3 is 5.97 Å². The lowest BCUT2D eigenvalue weighted by Crippen LogP contribution is -2.47. The zero-order valence-corrected chi connectivity index (χ0v) is 45.8. The van der Waals surface area contributed by atoms with Crippen molar-refractivity contribution in [3.05, 3.63) is 101 Å². The minimum absolute atomic E-state index is 0.0245. The summed E-state index contributed by atoms with van der Waals surface area (Å²) >= 11 is 0. The molecule has 75 heavy (non-hydrogen) atoms. The van der Waals surface area contributed by atoms with Crippen molar-refractivity contribution in [2.45, 2.75) is 103 Å². The zero-order valence-electron chi connectivity index (χ0n) is 44.9. The SMILES string of the molecule is CC.COCCOCCOCCOCCOCCOCCN1c2cc3c(cc2C(C)=CC1(C)C)/C(=C/C1=[N+](CCCCCC(=O)ON2C(=O)CCC2=O)c2ccc(S(=O)(=O)O)cc2C1(C)C)C=C(c1ccccc1)O3. The lowest BCUT2D eigenvalue weighted by molar-refractivity contribution is -0.438. The second-order valence-corrected chi connectivity index (χ2v) is 20.7. The lowest BCUT2D eigenvalue weighted by atomic mass is 9.80. The first kappa shape index (κ1) is 58.7. The second-order valence-electron chi connectivity index (χ2n) is 19.3. The van der Waals surface area contributed by atoms with Crippen molar-refractivity contribution >= 4 is 61.9 Å². The molecular formula is C57H76N3O14S+. The molecule has 3 aromatic rings. The van der Waals surface area contributed by atoms with E-state index < -0.39 is 33.3 Å². The van der Waals surface area contributed by atoms with Gasteiger partial charge in [-0.1, -0.05) is 50.3 Å². The number of anilines is 1. The number of rotatable bonds is 28. The summed E-state index contributed by atoms with van der Waals surface area (Å²) in [6.07, 6.45) is 8.26. The van der Waals surface area contributed by atoms with Crippen LogP contribution in [0.25, 0.3) is 16.9 Å². The fraction of sp³-hybridized carbons (Fsp3) is 0.509. The van der Waals surface area contributed by atoms with Gasteiger partial charge in [0.2, 0.25) is 5.69 Å². The molecule has 0 atom stereocenters. The highest BCUT2D eigenvalue weighted by Crippen LogP contribution is 2.48. The van der Waals surface area contributed by atoms with Crippen LogP contribution in [0.1, 0.15) is 109 Å². The Morgan fingerprint density at radius 2 is 1.37 bits per heavy atom. The van der Waals surface area contributed by atoms with Crippen LogP contribution in [0.5, 0.6) is 5.75 Å². The van der Waals surface area contributed by atoms with Crippen molar-refractivity contribution in [1.82, 2.24) is 5.06 Å². The Bertz CT molecular complexity index is 2700. The first-order chi connectivity index (χ1) is 36.0. The molecule has 1 N–H and O–H groups in total. The van der Waals surface area contributed by atoms with Gasteiger partial charge in [0.25, 0.3) is 21.9 Å². The molecule has 4 heterocycles. The van der Waals surface area contributed by atoms with E-state index in [0.717, 1.165) is 50.5 Å². The fourth-order valence-corrected chi connectivity index (χ4v) is 10.0. The molecule has 1 fully saturated rings. The molecule has 7 rings (SSSR count). The van der Waals surface area contributed by atoms with Gasteiger partial charge in [0.05, 0.1) is 88.5 Å². The van der Waals surface area contributed by atoms with Gasteiger partial charge in [-0.05, 0) is 82.9 Å². The highest BCUT2D eigenvalue weighted by Gasteiger charge is 2.46. The average Bonchev–Trinajstić information content (AvgIpc) is 3.80. The molecule has 0 aliphatic carbocycles. The third-order valence-corrected chi connectivity index (χ3v) is 14.1. The summed E-state index contributed by atoms with van der Waals surface area (Å²) in [5, 5.41) is 0.566. The first-order valence-electron chi connectivity index (χ1n) is 26.0. The molecule has 4 aliphatic heterocycles. The summed E-state index contributed by atoms with van der Waals surface area (Å²) in [5.41, 5.74) is 7.19. The van der Waals surface area contributed by atoms with Crippen LogP contribution in [-0.2, 0) is 63.2 Å². The summed E-state index contributed by atoms with van der Waals surface area (Å²) < 4.78 is 77.4. The predicted octanol–water partition coefficient (Wildman–Crippen LogP) is 8.75. The van der Waals surface area contributed by atoms with Crippen molar-refractivity contribution < 1.29 is 69.9 Å². The minimum atomic E-state index is -4.50. The number of allylic oxidation sites excluding steroid dienone is 4. The van der Waals surface area contributed by atoms with Crippen molar-refractivity contribution in [3.8, 4) is 5.75 Å². The maximum absolute atomic E-state index is 12.6. The standard InChI is InChI=1S/C55H69N3O14S.C2H6/c1-39-38-54(2,3)57(21-22-66-25-26-68-29-30-70-32-31-69-28-27-67-24-23-65-6)47-37-49-44(36-43(39)47)41(33-48(71-49)40-13-9-7-10-14-40)34-50-55(4,5)45-35-42(73(62,63)64)16-17-46(45)56(50)20-12-8-11-15-53(61)72-58-51(59)18-19-52(58)60;1-2/h7,9-10,13-14,16-17,33-38H,8,11-12,15,18-32H2,1-6H3;1-2H3/p+1. The highest BCUT2D eigenvalue weighted by atomic mass is 32.2. The first-order valence-corrected chi connectivity index (χ1v) is 27.5. The molecule has 4 aliphatic rings. The van der Waals surface area contributed by atoms with Gasteiger partial charge in [-0.25, -0.2) is 4.79 Å². The largest absolute Gasteiger partial charge is 0.456 e. The normalized spacial score (nSPS) is 17.0. The number of hydroxylamine groups is 2. The molecule has 0 aromatic heterocycles. The van der Waals surface area contributed by atoms with E-state index in [1.54, 1.807) is 19.2 Å². The number of fused-ring (bicyclic) bond motifs is 3. The monoisotopic (exact) mass is 1060 g/mol. The molecule has 0 radical (unpaired) electrons. The summed E-state index contributed by atoms with van der Waals surface area (Å²) in [4.78, 5) is 43.8. The molecule has 0 unspecified atom stereocenters. The number of hydrogen-bond donors (Lipinski definition) is 1. The molecule has 408 valence electrons. The number of carbonyl (C=O) groups is 3. The number of nitrogens with zero attached hydrogens (tertiary/aromatic N) is 3. The van der Waals surface area contributed by atoms with Gasteiger partial charge in [0, 0.05) is 85.5 Å². The van der Waals surface area contributed by atoms with E-state index in [9.17, 15) is 27.4 Å². The van der Waals surface area contributed by atoms with Crippen LogP contribution in [0.3, 0.4) is 0 Å². The summed E-state index contributed by atoms with van der Waals surface area (Å²) in [5.74, 6) is -0.353. The molecule has 0 saturated carbocycles. The molecule has 18 heteroatoms. The van der Waals surface area contributed by atoms with Crippen molar-refractivity contribution in [1.29, 1.82) is 0 Å².